The SMILES string of the molecule is CC(=O)N[C@@H]1C[C@@H]2CN(C(=O)c3cccc(Cn4nc(C)cc4C)c3)C[C@@H]2C[C@H]1O. The van der Waals surface area contributed by atoms with Crippen molar-refractivity contribution >= 4 is 11.8 Å². The number of benzene rings is 1. The van der Waals surface area contributed by atoms with Gasteiger partial charge < -0.3 is 15.3 Å². The first-order valence-electron chi connectivity index (χ1n) is 10.6. The molecule has 160 valence electrons. The standard InChI is InChI=1S/C23H30N4O3/c1-14-7-15(2)27(25-14)11-17-5-4-6-18(8-17)23(30)26-12-19-9-21(24-16(3)28)22(29)10-20(19)13-26/h4-8,19-22,29H,9-13H2,1-3H3,(H,24,28)/t19-,20+,21-,22-/m1/s1. The molecule has 1 saturated heterocycles. The molecule has 7 heteroatoms. The van der Waals surface area contributed by atoms with E-state index in [1.54, 1.807) is 0 Å². The van der Waals surface area contributed by atoms with Crippen molar-refractivity contribution in [3.63, 3.8) is 0 Å². The van der Waals surface area contributed by atoms with Crippen molar-refractivity contribution in [2.75, 3.05) is 13.1 Å². The summed E-state index contributed by atoms with van der Waals surface area (Å²) in [4.78, 5) is 26.5. The van der Waals surface area contributed by atoms with Crippen LogP contribution in [0.4, 0.5) is 0 Å². The van der Waals surface area contributed by atoms with Gasteiger partial charge in [0.25, 0.3) is 5.91 Å². The third kappa shape index (κ3) is 4.26. The fourth-order valence-corrected chi connectivity index (χ4v) is 5.01. The molecule has 1 aromatic heterocycles. The van der Waals surface area contributed by atoms with Crippen LogP contribution in [0.2, 0.25) is 0 Å². The van der Waals surface area contributed by atoms with E-state index in [9.17, 15) is 14.7 Å². The molecule has 0 spiro atoms. The molecule has 4 atom stereocenters. The first kappa shape index (κ1) is 20.6. The van der Waals surface area contributed by atoms with Gasteiger partial charge >= 0.3 is 0 Å². The van der Waals surface area contributed by atoms with Crippen molar-refractivity contribution in [2.24, 2.45) is 11.8 Å². The van der Waals surface area contributed by atoms with E-state index in [0.717, 1.165) is 17.0 Å². The summed E-state index contributed by atoms with van der Waals surface area (Å²) in [6.07, 6.45) is 0.791. The van der Waals surface area contributed by atoms with Gasteiger partial charge in [-0.3, -0.25) is 14.3 Å². The molecule has 1 aliphatic heterocycles. The van der Waals surface area contributed by atoms with Crippen LogP contribution in [0.5, 0.6) is 0 Å². The molecular weight excluding hydrogens is 380 g/mol. The first-order valence-corrected chi connectivity index (χ1v) is 10.6. The van der Waals surface area contributed by atoms with Crippen LogP contribution in [0, 0.1) is 25.7 Å². The number of amides is 2. The highest BCUT2D eigenvalue weighted by Gasteiger charge is 2.43. The van der Waals surface area contributed by atoms with E-state index in [4.69, 9.17) is 0 Å². The molecule has 0 unspecified atom stereocenters. The maximum atomic E-state index is 13.2. The number of rotatable bonds is 4. The van der Waals surface area contributed by atoms with E-state index >= 15 is 0 Å². The van der Waals surface area contributed by atoms with Gasteiger partial charge in [-0.25, -0.2) is 0 Å². The van der Waals surface area contributed by atoms with Crippen LogP contribution in [-0.2, 0) is 11.3 Å². The van der Waals surface area contributed by atoms with Gasteiger partial charge in [-0.05, 0) is 62.3 Å². The van der Waals surface area contributed by atoms with E-state index in [2.05, 4.69) is 10.4 Å². The number of fused-ring (bicyclic) bond motifs is 1. The molecule has 2 heterocycles. The molecule has 4 rings (SSSR count). The Kier molecular flexibility index (Phi) is 5.64. The van der Waals surface area contributed by atoms with Crippen LogP contribution < -0.4 is 5.32 Å². The maximum absolute atomic E-state index is 13.2. The Hall–Kier alpha value is -2.67. The smallest absolute Gasteiger partial charge is 0.253 e. The third-order valence-corrected chi connectivity index (χ3v) is 6.43. The summed E-state index contributed by atoms with van der Waals surface area (Å²) in [5.41, 5.74) is 3.82. The molecule has 1 saturated carbocycles. The number of hydrogen-bond donors (Lipinski definition) is 2. The molecule has 30 heavy (non-hydrogen) atoms. The zero-order valence-electron chi connectivity index (χ0n) is 17.8. The van der Waals surface area contributed by atoms with Crippen molar-refractivity contribution in [2.45, 2.75) is 52.3 Å². The van der Waals surface area contributed by atoms with Gasteiger partial charge in [0.2, 0.25) is 5.91 Å². The molecule has 0 radical (unpaired) electrons. The lowest BCUT2D eigenvalue weighted by molar-refractivity contribution is -0.121. The predicted octanol–water partition coefficient (Wildman–Crippen LogP) is 1.90. The Morgan fingerprint density at radius 3 is 2.57 bits per heavy atom. The largest absolute Gasteiger partial charge is 0.391 e. The second-order valence-electron chi connectivity index (χ2n) is 8.86. The monoisotopic (exact) mass is 410 g/mol. The fraction of sp³-hybridized carbons (Fsp3) is 0.522. The number of hydrogen-bond acceptors (Lipinski definition) is 4. The van der Waals surface area contributed by atoms with Gasteiger partial charge in [-0.2, -0.15) is 5.10 Å². The van der Waals surface area contributed by atoms with Crippen molar-refractivity contribution in [1.82, 2.24) is 20.0 Å². The average molecular weight is 411 g/mol. The molecule has 2 aromatic rings. The van der Waals surface area contributed by atoms with Crippen molar-refractivity contribution in [3.05, 3.63) is 52.8 Å². The minimum Gasteiger partial charge on any atom is -0.391 e. The van der Waals surface area contributed by atoms with E-state index in [0.29, 0.717) is 44.0 Å². The van der Waals surface area contributed by atoms with Gasteiger partial charge in [-0.1, -0.05) is 12.1 Å². The Morgan fingerprint density at radius 2 is 1.90 bits per heavy atom. The summed E-state index contributed by atoms with van der Waals surface area (Å²) in [5.74, 6) is 0.506. The van der Waals surface area contributed by atoms with Crippen LogP contribution in [0.1, 0.15) is 47.1 Å². The minimum absolute atomic E-state index is 0.0326. The molecule has 0 bridgehead atoms. The first-order chi connectivity index (χ1) is 14.3. The van der Waals surface area contributed by atoms with Gasteiger partial charge in [0, 0.05) is 31.3 Å². The normalized spacial score (nSPS) is 25.8. The number of aliphatic hydroxyl groups is 1. The molecule has 7 nitrogen and oxygen atoms in total. The Morgan fingerprint density at radius 1 is 1.17 bits per heavy atom. The highest BCUT2D eigenvalue weighted by Crippen LogP contribution is 2.37. The molecular formula is C23H30N4O3. The van der Waals surface area contributed by atoms with Crippen molar-refractivity contribution in [1.29, 1.82) is 0 Å². The lowest BCUT2D eigenvalue weighted by atomic mass is 9.77. The van der Waals surface area contributed by atoms with E-state index in [-0.39, 0.29) is 23.8 Å². The quantitative estimate of drug-likeness (QED) is 0.806. The minimum atomic E-state index is -0.547. The van der Waals surface area contributed by atoms with E-state index in [1.807, 2.05) is 53.8 Å². The second-order valence-corrected chi connectivity index (χ2v) is 8.86. The van der Waals surface area contributed by atoms with Crippen LogP contribution in [0.3, 0.4) is 0 Å². The van der Waals surface area contributed by atoms with Crippen LogP contribution in [-0.4, -0.2) is 56.8 Å². The van der Waals surface area contributed by atoms with Crippen molar-refractivity contribution < 1.29 is 14.7 Å². The second kappa shape index (κ2) is 8.22. The molecule has 2 N–H and O–H groups in total. The van der Waals surface area contributed by atoms with Gasteiger partial charge in [-0.15, -0.1) is 0 Å². The zero-order chi connectivity index (χ0) is 21.4. The summed E-state index contributed by atoms with van der Waals surface area (Å²) >= 11 is 0. The Balaban J connectivity index is 1.44. The number of nitrogens with one attached hydrogen (secondary N) is 1. The Labute approximate surface area is 177 Å². The van der Waals surface area contributed by atoms with E-state index < -0.39 is 6.10 Å². The number of aromatic nitrogens is 2. The third-order valence-electron chi connectivity index (χ3n) is 6.43. The average Bonchev–Trinajstić information content (AvgIpc) is 3.23. The summed E-state index contributed by atoms with van der Waals surface area (Å²) in [6.45, 7) is 7.45. The predicted molar refractivity (Wildman–Crippen MR) is 113 cm³/mol. The van der Waals surface area contributed by atoms with Gasteiger partial charge in [0.1, 0.15) is 0 Å². The molecule has 2 aliphatic rings. The zero-order valence-corrected chi connectivity index (χ0v) is 17.8. The summed E-state index contributed by atoms with van der Waals surface area (Å²) < 4.78 is 1.95. The highest BCUT2D eigenvalue weighted by atomic mass is 16.3. The number of aliphatic hydroxyl groups excluding tert-OH is 1. The van der Waals surface area contributed by atoms with Crippen LogP contribution >= 0.6 is 0 Å². The number of aryl methyl sites for hydroxylation is 2. The molecule has 2 amide bonds. The topological polar surface area (TPSA) is 87.5 Å². The summed E-state index contributed by atoms with van der Waals surface area (Å²) in [7, 11) is 0. The van der Waals surface area contributed by atoms with Gasteiger partial charge in [0.05, 0.1) is 24.4 Å². The van der Waals surface area contributed by atoms with E-state index in [1.165, 1.54) is 6.92 Å². The molecule has 1 aliphatic carbocycles. The number of carbonyl (C=O) groups excluding carboxylic acids is 2. The maximum Gasteiger partial charge on any atom is 0.253 e. The number of carbonyl (C=O) groups is 2. The van der Waals surface area contributed by atoms with Crippen LogP contribution in [0.15, 0.2) is 30.3 Å². The highest BCUT2D eigenvalue weighted by molar-refractivity contribution is 5.94. The summed E-state index contributed by atoms with van der Waals surface area (Å²) in [5, 5.41) is 17.7. The van der Waals surface area contributed by atoms with Gasteiger partial charge in [0.15, 0.2) is 0 Å². The number of nitrogens with zero attached hydrogens (tertiary/aromatic N) is 3. The Bertz CT molecular complexity index is 954. The molecule has 1 aromatic carbocycles. The number of likely N-dealkylation sites (tertiary alicyclic amines) is 1. The summed E-state index contributed by atoms with van der Waals surface area (Å²) in [6, 6.07) is 9.59. The van der Waals surface area contributed by atoms with Crippen LogP contribution in [0.25, 0.3) is 0 Å². The fourth-order valence-electron chi connectivity index (χ4n) is 5.01. The van der Waals surface area contributed by atoms with Crippen molar-refractivity contribution in [3.8, 4) is 0 Å². The lowest BCUT2D eigenvalue weighted by Gasteiger charge is -2.35. The molecule has 2 fully saturated rings. The lowest BCUT2D eigenvalue weighted by Crippen LogP contribution is -2.48.